The molecule has 0 fully saturated rings. The number of ether oxygens (including phenoxy) is 3. The summed E-state index contributed by atoms with van der Waals surface area (Å²) in [6, 6.07) is 19.3. The van der Waals surface area contributed by atoms with Crippen molar-refractivity contribution in [2.45, 2.75) is 72.1 Å². The molecule has 3 aromatic rings. The van der Waals surface area contributed by atoms with Gasteiger partial charge in [-0.15, -0.1) is 0 Å². The maximum atomic E-state index is 13.0. The highest BCUT2D eigenvalue weighted by molar-refractivity contribution is 5.95. The molecule has 0 radical (unpaired) electrons. The Bertz CT molecular complexity index is 1170. The molecular formula is C33H40O4. The number of para-hydroxylation sites is 1. The molecule has 0 amide bonds. The number of hydrogen-bond donors (Lipinski definition) is 0. The van der Waals surface area contributed by atoms with Crippen LogP contribution in [-0.2, 0) is 6.42 Å². The lowest BCUT2D eigenvalue weighted by Crippen LogP contribution is -2.11. The Kier molecular flexibility index (Phi) is 9.65. The van der Waals surface area contributed by atoms with Crippen LogP contribution in [0.5, 0.6) is 17.2 Å². The second-order valence-electron chi connectivity index (χ2n) is 10.1. The molecule has 0 aliphatic heterocycles. The van der Waals surface area contributed by atoms with E-state index in [1.54, 1.807) is 12.1 Å². The van der Waals surface area contributed by atoms with Crippen molar-refractivity contribution in [3.8, 4) is 28.4 Å². The molecule has 0 N–H and O–H groups in total. The largest absolute Gasteiger partial charge is 0.494 e. The van der Waals surface area contributed by atoms with E-state index < -0.39 is 0 Å². The monoisotopic (exact) mass is 500 g/mol. The minimum atomic E-state index is -0.374. The Morgan fingerprint density at radius 2 is 1.62 bits per heavy atom. The molecular weight excluding hydrogens is 460 g/mol. The van der Waals surface area contributed by atoms with E-state index in [0.29, 0.717) is 23.8 Å². The smallest absolute Gasteiger partial charge is 0.343 e. The van der Waals surface area contributed by atoms with Gasteiger partial charge in [-0.05, 0) is 71.8 Å². The molecule has 1 aliphatic carbocycles. The molecule has 1 unspecified atom stereocenters. The fourth-order valence-corrected chi connectivity index (χ4v) is 4.68. The van der Waals surface area contributed by atoms with Gasteiger partial charge in [0, 0.05) is 5.56 Å². The van der Waals surface area contributed by atoms with E-state index in [2.05, 4.69) is 39.0 Å². The zero-order chi connectivity index (χ0) is 26.0. The van der Waals surface area contributed by atoms with Crippen molar-refractivity contribution in [3.05, 3.63) is 77.4 Å². The van der Waals surface area contributed by atoms with E-state index >= 15 is 0 Å². The Morgan fingerprint density at radius 3 is 2.41 bits per heavy atom. The van der Waals surface area contributed by atoms with E-state index in [0.717, 1.165) is 54.1 Å². The van der Waals surface area contributed by atoms with Gasteiger partial charge in [0.1, 0.15) is 17.2 Å². The fourth-order valence-electron chi connectivity index (χ4n) is 4.68. The van der Waals surface area contributed by atoms with Gasteiger partial charge in [0.25, 0.3) is 0 Å². The zero-order valence-electron chi connectivity index (χ0n) is 22.6. The molecule has 0 heterocycles. The summed E-state index contributed by atoms with van der Waals surface area (Å²) in [5.74, 6) is 2.24. The van der Waals surface area contributed by atoms with Crippen LogP contribution in [0, 0.1) is 5.92 Å². The molecule has 0 aromatic heterocycles. The molecule has 4 rings (SSSR count). The lowest BCUT2D eigenvalue weighted by atomic mass is 10.0. The quantitative estimate of drug-likeness (QED) is 0.0987. The van der Waals surface area contributed by atoms with Crippen LogP contribution in [0.2, 0.25) is 0 Å². The first kappa shape index (κ1) is 26.8. The summed E-state index contributed by atoms with van der Waals surface area (Å²) in [6.45, 7) is 7.93. The normalized spacial score (nSPS) is 12.5. The van der Waals surface area contributed by atoms with Crippen LogP contribution in [-0.4, -0.2) is 19.2 Å². The molecule has 0 saturated carbocycles. The Labute approximate surface area is 222 Å². The summed E-state index contributed by atoms with van der Waals surface area (Å²) in [4.78, 5) is 13.0. The fraction of sp³-hybridized carbons (Fsp3) is 0.424. The van der Waals surface area contributed by atoms with Crippen LogP contribution < -0.4 is 14.2 Å². The second kappa shape index (κ2) is 13.3. The molecule has 1 aliphatic rings. The minimum Gasteiger partial charge on any atom is -0.494 e. The van der Waals surface area contributed by atoms with Crippen LogP contribution in [0.25, 0.3) is 11.1 Å². The molecule has 4 nitrogen and oxygen atoms in total. The summed E-state index contributed by atoms with van der Waals surface area (Å²) < 4.78 is 18.0. The number of benzene rings is 3. The summed E-state index contributed by atoms with van der Waals surface area (Å²) in [7, 11) is 0. The van der Waals surface area contributed by atoms with Gasteiger partial charge >= 0.3 is 5.97 Å². The Balaban J connectivity index is 1.50. The first-order chi connectivity index (χ1) is 18.1. The van der Waals surface area contributed by atoms with Crippen molar-refractivity contribution in [1.29, 1.82) is 0 Å². The van der Waals surface area contributed by atoms with Gasteiger partial charge in [-0.2, -0.15) is 0 Å². The number of unbranched alkanes of at least 4 members (excludes halogenated alkanes) is 5. The molecule has 4 heteroatoms. The van der Waals surface area contributed by atoms with Crippen LogP contribution in [0.15, 0.2) is 60.7 Å². The predicted molar refractivity (Wildman–Crippen MR) is 150 cm³/mol. The number of hydrogen-bond acceptors (Lipinski definition) is 4. The number of carbonyl (C=O) groups is 1. The Morgan fingerprint density at radius 1 is 0.838 bits per heavy atom. The van der Waals surface area contributed by atoms with Crippen molar-refractivity contribution in [2.24, 2.45) is 5.92 Å². The van der Waals surface area contributed by atoms with Gasteiger partial charge in [0.15, 0.2) is 0 Å². The molecule has 0 bridgehead atoms. The highest BCUT2D eigenvalue weighted by atomic mass is 16.5. The van der Waals surface area contributed by atoms with E-state index in [-0.39, 0.29) is 5.97 Å². The number of fused-ring (bicyclic) bond motifs is 3. The van der Waals surface area contributed by atoms with Crippen LogP contribution in [0.3, 0.4) is 0 Å². The highest BCUT2D eigenvalue weighted by Gasteiger charge is 2.26. The third-order valence-corrected chi connectivity index (χ3v) is 7.09. The van der Waals surface area contributed by atoms with E-state index in [4.69, 9.17) is 14.2 Å². The molecule has 1 atom stereocenters. The summed E-state index contributed by atoms with van der Waals surface area (Å²) in [5.41, 5.74) is 5.04. The third kappa shape index (κ3) is 7.15. The minimum absolute atomic E-state index is 0.374. The van der Waals surface area contributed by atoms with Crippen molar-refractivity contribution >= 4 is 5.97 Å². The van der Waals surface area contributed by atoms with E-state index in [1.165, 1.54) is 37.7 Å². The van der Waals surface area contributed by atoms with Crippen LogP contribution in [0.1, 0.15) is 87.2 Å². The van der Waals surface area contributed by atoms with Gasteiger partial charge in [-0.3, -0.25) is 0 Å². The lowest BCUT2D eigenvalue weighted by molar-refractivity contribution is 0.0734. The third-order valence-electron chi connectivity index (χ3n) is 7.09. The molecule has 3 aromatic carbocycles. The summed E-state index contributed by atoms with van der Waals surface area (Å²) in [5, 5.41) is 0. The Hall–Kier alpha value is -3.27. The van der Waals surface area contributed by atoms with Crippen LogP contribution >= 0.6 is 0 Å². The molecule has 0 spiro atoms. The van der Waals surface area contributed by atoms with Gasteiger partial charge in [-0.1, -0.05) is 83.6 Å². The maximum Gasteiger partial charge on any atom is 0.343 e. The first-order valence-corrected chi connectivity index (χ1v) is 13.9. The molecule has 196 valence electrons. The van der Waals surface area contributed by atoms with Gasteiger partial charge < -0.3 is 14.2 Å². The van der Waals surface area contributed by atoms with Crippen molar-refractivity contribution < 1.29 is 19.0 Å². The molecule has 37 heavy (non-hydrogen) atoms. The van der Waals surface area contributed by atoms with Gasteiger partial charge in [0.05, 0.1) is 18.8 Å². The number of esters is 1. The average Bonchev–Trinajstić information content (AvgIpc) is 3.29. The van der Waals surface area contributed by atoms with Gasteiger partial charge in [0.2, 0.25) is 0 Å². The standard InChI is InChI=1S/C33H40O4/c1-4-6-7-8-9-13-18-35-29-16-17-30-25(21-29)19-26-20-27(33(34)37-28-14-11-10-12-15-28)22-31(32(26)30)36-23-24(3)5-2/h10-12,14-17,20-22,24H,4-9,13,18-19,23H2,1-3H3. The van der Waals surface area contributed by atoms with E-state index in [9.17, 15) is 4.79 Å². The summed E-state index contributed by atoms with van der Waals surface area (Å²) in [6.07, 6.45) is 9.27. The second-order valence-corrected chi connectivity index (χ2v) is 10.1. The van der Waals surface area contributed by atoms with Crippen molar-refractivity contribution in [1.82, 2.24) is 0 Å². The van der Waals surface area contributed by atoms with E-state index in [1.807, 2.05) is 30.3 Å². The average molecular weight is 501 g/mol. The SMILES string of the molecule is CCCCCCCCOc1ccc2c(c1)Cc1cc(C(=O)Oc3ccccc3)cc(OCC(C)CC)c1-2. The lowest BCUT2D eigenvalue weighted by Gasteiger charge is -2.16. The predicted octanol–water partition coefficient (Wildman–Crippen LogP) is 8.64. The highest BCUT2D eigenvalue weighted by Crippen LogP contribution is 2.45. The molecule has 0 saturated heterocycles. The summed E-state index contributed by atoms with van der Waals surface area (Å²) >= 11 is 0. The van der Waals surface area contributed by atoms with Gasteiger partial charge in [-0.25, -0.2) is 4.79 Å². The van der Waals surface area contributed by atoms with Crippen LogP contribution in [0.4, 0.5) is 0 Å². The maximum absolute atomic E-state index is 13.0. The number of carbonyl (C=O) groups excluding carboxylic acids is 1. The number of rotatable bonds is 14. The topological polar surface area (TPSA) is 44.8 Å². The van der Waals surface area contributed by atoms with Crippen molar-refractivity contribution in [3.63, 3.8) is 0 Å². The first-order valence-electron chi connectivity index (χ1n) is 13.9. The zero-order valence-corrected chi connectivity index (χ0v) is 22.6. The van der Waals surface area contributed by atoms with Crippen molar-refractivity contribution in [2.75, 3.05) is 13.2 Å².